The summed E-state index contributed by atoms with van der Waals surface area (Å²) in [6.07, 6.45) is 0. The zero-order chi connectivity index (χ0) is 33.8. The summed E-state index contributed by atoms with van der Waals surface area (Å²) in [6.45, 7) is 0. The Morgan fingerprint density at radius 3 is 1.14 bits per heavy atom. The van der Waals surface area contributed by atoms with Crippen LogP contribution in [0.1, 0.15) is 44.5 Å². The molecule has 1 nitrogen and oxygen atoms in total. The molecule has 1 N–H and O–H groups in total. The number of benzene rings is 8. The van der Waals surface area contributed by atoms with Gasteiger partial charge in [-0.2, -0.15) is 0 Å². The molecule has 8 aromatic carbocycles. The van der Waals surface area contributed by atoms with E-state index < -0.39 is 10.8 Å². The minimum absolute atomic E-state index is 0.405. The molecule has 0 saturated carbocycles. The average molecular weight is 650 g/mol. The third kappa shape index (κ3) is 4.22. The molecule has 2 aliphatic rings. The normalized spacial score (nSPS) is 14.2. The molecule has 0 unspecified atom stereocenters. The van der Waals surface area contributed by atoms with Crippen molar-refractivity contribution in [2.75, 3.05) is 5.32 Å². The Balaban J connectivity index is 1.13. The van der Waals surface area contributed by atoms with Gasteiger partial charge >= 0.3 is 0 Å². The van der Waals surface area contributed by atoms with E-state index >= 15 is 0 Å². The maximum atomic E-state index is 3.85. The SMILES string of the molecule is c1ccc(C2(c3cccc(Nc4ccc5c(c4)-c4ccccc4C5(c4ccccc4)c4ccccc4)c3)c3ccccc3-c3ccccc32)cc1. The molecular weight excluding hydrogens is 615 g/mol. The molecule has 0 atom stereocenters. The van der Waals surface area contributed by atoms with Crippen LogP contribution < -0.4 is 5.32 Å². The number of nitrogens with one attached hydrogen (secondary N) is 1. The quantitative estimate of drug-likeness (QED) is 0.189. The van der Waals surface area contributed by atoms with Gasteiger partial charge in [0.05, 0.1) is 10.8 Å². The lowest BCUT2D eigenvalue weighted by Crippen LogP contribution is -2.28. The van der Waals surface area contributed by atoms with Crippen molar-refractivity contribution in [2.45, 2.75) is 10.8 Å². The first kappa shape index (κ1) is 29.5. The molecule has 0 fully saturated rings. The topological polar surface area (TPSA) is 12.0 Å². The van der Waals surface area contributed by atoms with Crippen LogP contribution in [0.25, 0.3) is 22.3 Å². The van der Waals surface area contributed by atoms with Crippen LogP contribution in [0, 0.1) is 0 Å². The molecule has 8 aromatic rings. The van der Waals surface area contributed by atoms with E-state index in [4.69, 9.17) is 0 Å². The molecule has 0 aromatic heterocycles. The van der Waals surface area contributed by atoms with Crippen LogP contribution in [0.2, 0.25) is 0 Å². The van der Waals surface area contributed by atoms with E-state index in [1.54, 1.807) is 0 Å². The van der Waals surface area contributed by atoms with Crippen molar-refractivity contribution < 1.29 is 0 Å². The Morgan fingerprint density at radius 1 is 0.255 bits per heavy atom. The molecule has 0 bridgehead atoms. The van der Waals surface area contributed by atoms with E-state index in [0.29, 0.717) is 0 Å². The van der Waals surface area contributed by atoms with Crippen LogP contribution in [0.4, 0.5) is 11.4 Å². The van der Waals surface area contributed by atoms with Gasteiger partial charge < -0.3 is 5.32 Å². The Morgan fingerprint density at radius 2 is 0.627 bits per heavy atom. The lowest BCUT2D eigenvalue weighted by Gasteiger charge is -2.34. The average Bonchev–Trinajstić information content (AvgIpc) is 3.68. The minimum atomic E-state index is -0.437. The lowest BCUT2D eigenvalue weighted by molar-refractivity contribution is 0.768. The van der Waals surface area contributed by atoms with Gasteiger partial charge in [-0.3, -0.25) is 0 Å². The predicted molar refractivity (Wildman–Crippen MR) is 211 cm³/mol. The molecule has 51 heavy (non-hydrogen) atoms. The maximum Gasteiger partial charge on any atom is 0.0714 e. The molecule has 0 spiro atoms. The summed E-state index contributed by atoms with van der Waals surface area (Å²) in [5.41, 5.74) is 16.8. The molecule has 0 radical (unpaired) electrons. The van der Waals surface area contributed by atoms with E-state index in [1.807, 2.05) is 0 Å². The number of hydrogen-bond donors (Lipinski definition) is 1. The van der Waals surface area contributed by atoms with E-state index in [-0.39, 0.29) is 0 Å². The third-order valence-corrected chi connectivity index (χ3v) is 11.2. The molecule has 0 amide bonds. The van der Waals surface area contributed by atoms with Gasteiger partial charge in [0.25, 0.3) is 0 Å². The molecule has 240 valence electrons. The van der Waals surface area contributed by atoms with Crippen molar-refractivity contribution in [3.8, 4) is 22.3 Å². The molecule has 0 heterocycles. The Bertz CT molecular complexity index is 2460. The van der Waals surface area contributed by atoms with Crippen molar-refractivity contribution in [2.24, 2.45) is 0 Å². The third-order valence-electron chi connectivity index (χ3n) is 11.2. The summed E-state index contributed by atoms with van der Waals surface area (Å²) in [5, 5.41) is 3.85. The number of anilines is 2. The monoisotopic (exact) mass is 649 g/mol. The molecule has 2 aliphatic carbocycles. The second kappa shape index (κ2) is 11.6. The molecule has 1 heteroatoms. The molecule has 0 saturated heterocycles. The molecular formula is C50H35N. The van der Waals surface area contributed by atoms with Crippen molar-refractivity contribution in [1.29, 1.82) is 0 Å². The first-order valence-electron chi connectivity index (χ1n) is 17.8. The van der Waals surface area contributed by atoms with Crippen LogP contribution in [-0.4, -0.2) is 0 Å². The smallest absolute Gasteiger partial charge is 0.0714 e. The molecule has 0 aliphatic heterocycles. The standard InChI is InChI=1S/C50H35N/c1-4-17-35(18-5-1)49(36-19-6-2-7-20-36)47-30-15-12-27-43(47)44-34-40(31-32-48(44)49)51-39-24-16-23-38(33-39)50(37-21-8-3-9-22-37)45-28-13-10-25-41(45)42-26-11-14-29-46(42)50/h1-34,51H. The highest BCUT2D eigenvalue weighted by Gasteiger charge is 2.47. The maximum absolute atomic E-state index is 3.85. The largest absolute Gasteiger partial charge is 0.356 e. The van der Waals surface area contributed by atoms with E-state index in [2.05, 4.69) is 212 Å². The van der Waals surface area contributed by atoms with Gasteiger partial charge in [-0.25, -0.2) is 0 Å². The fraction of sp³-hybridized carbons (Fsp3) is 0.0400. The van der Waals surface area contributed by atoms with Gasteiger partial charge in [-0.15, -0.1) is 0 Å². The number of rotatable bonds is 6. The zero-order valence-electron chi connectivity index (χ0n) is 28.1. The van der Waals surface area contributed by atoms with Gasteiger partial charge in [0.15, 0.2) is 0 Å². The summed E-state index contributed by atoms with van der Waals surface area (Å²) in [4.78, 5) is 0. The summed E-state index contributed by atoms with van der Waals surface area (Å²) in [5.74, 6) is 0. The first-order chi connectivity index (χ1) is 25.3. The van der Waals surface area contributed by atoms with Crippen LogP contribution in [-0.2, 0) is 10.8 Å². The van der Waals surface area contributed by atoms with Crippen molar-refractivity contribution >= 4 is 11.4 Å². The van der Waals surface area contributed by atoms with Gasteiger partial charge in [0.2, 0.25) is 0 Å². The van der Waals surface area contributed by atoms with Gasteiger partial charge in [0, 0.05) is 11.4 Å². The highest BCUT2D eigenvalue weighted by Crippen LogP contribution is 2.58. The van der Waals surface area contributed by atoms with Gasteiger partial charge in [-0.1, -0.05) is 182 Å². The van der Waals surface area contributed by atoms with E-state index in [0.717, 1.165) is 11.4 Å². The van der Waals surface area contributed by atoms with Crippen LogP contribution >= 0.6 is 0 Å². The minimum Gasteiger partial charge on any atom is -0.356 e. The Labute approximate surface area is 299 Å². The van der Waals surface area contributed by atoms with Gasteiger partial charge in [-0.05, 0) is 91.0 Å². The van der Waals surface area contributed by atoms with Crippen molar-refractivity contribution in [1.82, 2.24) is 0 Å². The lowest BCUT2D eigenvalue weighted by atomic mass is 9.67. The van der Waals surface area contributed by atoms with Crippen molar-refractivity contribution in [3.63, 3.8) is 0 Å². The molecule has 10 rings (SSSR count). The van der Waals surface area contributed by atoms with Crippen molar-refractivity contribution in [3.05, 3.63) is 251 Å². The van der Waals surface area contributed by atoms with Crippen LogP contribution in [0.3, 0.4) is 0 Å². The van der Waals surface area contributed by atoms with Crippen LogP contribution in [0.15, 0.2) is 206 Å². The van der Waals surface area contributed by atoms with E-state index in [1.165, 1.54) is 66.8 Å². The second-order valence-corrected chi connectivity index (χ2v) is 13.7. The Hall–Kier alpha value is -6.44. The van der Waals surface area contributed by atoms with E-state index in [9.17, 15) is 0 Å². The van der Waals surface area contributed by atoms with Gasteiger partial charge in [0.1, 0.15) is 0 Å². The summed E-state index contributed by atoms with van der Waals surface area (Å²) in [7, 11) is 0. The zero-order valence-corrected chi connectivity index (χ0v) is 28.1. The summed E-state index contributed by atoms with van der Waals surface area (Å²) in [6, 6.07) is 75.7. The van der Waals surface area contributed by atoms with Crippen LogP contribution in [0.5, 0.6) is 0 Å². The second-order valence-electron chi connectivity index (χ2n) is 13.7. The predicted octanol–water partition coefficient (Wildman–Crippen LogP) is 12.2. The fourth-order valence-electron chi connectivity index (χ4n) is 9.24. The highest BCUT2D eigenvalue weighted by molar-refractivity contribution is 5.89. The number of hydrogen-bond acceptors (Lipinski definition) is 1. The summed E-state index contributed by atoms with van der Waals surface area (Å²) < 4.78 is 0. The fourth-order valence-corrected chi connectivity index (χ4v) is 9.24. The number of fused-ring (bicyclic) bond motifs is 6. The summed E-state index contributed by atoms with van der Waals surface area (Å²) >= 11 is 0. The first-order valence-corrected chi connectivity index (χ1v) is 17.8. The highest BCUT2D eigenvalue weighted by atomic mass is 14.9. The Kier molecular flexibility index (Phi) is 6.69.